The number of likely N-dealkylation sites (N-methyl/N-ethyl adjacent to an activating group) is 1. The van der Waals surface area contributed by atoms with E-state index in [0.717, 1.165) is 76.2 Å². The second-order valence-electron chi connectivity index (χ2n) is 15.2. The lowest BCUT2D eigenvalue weighted by Gasteiger charge is -2.17. The van der Waals surface area contributed by atoms with E-state index in [2.05, 4.69) is 45.1 Å². The van der Waals surface area contributed by atoms with Crippen molar-refractivity contribution in [3.05, 3.63) is 36.0 Å². The molecule has 0 radical (unpaired) electrons. The molecule has 0 aromatic carbocycles. The van der Waals surface area contributed by atoms with Gasteiger partial charge in [0.2, 0.25) is 0 Å². The van der Waals surface area contributed by atoms with Crippen molar-refractivity contribution in [1.29, 1.82) is 0 Å². The third-order valence-electron chi connectivity index (χ3n) is 9.49. The number of unbranched alkanes of at least 4 members (excludes halogenated alkanes) is 18. The van der Waals surface area contributed by atoms with Gasteiger partial charge < -0.3 is 23.8 Å². The van der Waals surface area contributed by atoms with Crippen LogP contribution < -0.4 is 0 Å². The first kappa shape index (κ1) is 51.4. The van der Waals surface area contributed by atoms with Crippen molar-refractivity contribution in [1.82, 2.24) is 4.90 Å². The number of rotatable bonds is 38. The lowest BCUT2D eigenvalue weighted by Crippen LogP contribution is -2.27. The molecule has 1 atom stereocenters. The summed E-state index contributed by atoms with van der Waals surface area (Å²) in [5.41, 5.74) is 1.15. The monoisotopic (exact) mass is 762 g/mol. The highest BCUT2D eigenvalue weighted by molar-refractivity contribution is 5.82. The van der Waals surface area contributed by atoms with Crippen LogP contribution in [0, 0.1) is 5.92 Å². The molecule has 0 spiro atoms. The van der Waals surface area contributed by atoms with Crippen LogP contribution in [0.2, 0.25) is 0 Å². The SMILES string of the molecule is CCCCC/C=C\C/C=C\CCCCCCCC(=O)OCC(COC(=O)C=C(CCCCCCCC)CCCCCCCC)COC(=O)OCCN(C)C. The van der Waals surface area contributed by atoms with Crippen molar-refractivity contribution in [2.45, 2.75) is 188 Å². The average molecular weight is 762 g/mol. The highest BCUT2D eigenvalue weighted by Gasteiger charge is 2.18. The highest BCUT2D eigenvalue weighted by Crippen LogP contribution is 2.19. The van der Waals surface area contributed by atoms with Gasteiger partial charge in [-0.05, 0) is 78.3 Å². The van der Waals surface area contributed by atoms with Gasteiger partial charge in [-0.25, -0.2) is 9.59 Å². The van der Waals surface area contributed by atoms with Crippen molar-refractivity contribution >= 4 is 18.1 Å². The molecule has 54 heavy (non-hydrogen) atoms. The Hall–Kier alpha value is -2.61. The molecule has 0 aliphatic rings. The molecule has 0 aliphatic carbocycles. The van der Waals surface area contributed by atoms with Gasteiger partial charge in [-0.1, -0.05) is 147 Å². The summed E-state index contributed by atoms with van der Waals surface area (Å²) in [5.74, 6) is -1.17. The van der Waals surface area contributed by atoms with Crippen LogP contribution in [0.5, 0.6) is 0 Å². The predicted molar refractivity (Wildman–Crippen MR) is 225 cm³/mol. The minimum Gasteiger partial charge on any atom is -0.465 e. The summed E-state index contributed by atoms with van der Waals surface area (Å²) in [5, 5.41) is 0. The van der Waals surface area contributed by atoms with E-state index in [-0.39, 0.29) is 32.4 Å². The molecule has 0 amide bonds. The Kier molecular flexibility index (Phi) is 38.1. The first-order valence-electron chi connectivity index (χ1n) is 22.1. The van der Waals surface area contributed by atoms with Crippen LogP contribution in [0.1, 0.15) is 188 Å². The molecule has 0 saturated heterocycles. The Morgan fingerprint density at radius 1 is 0.519 bits per heavy atom. The zero-order valence-corrected chi connectivity index (χ0v) is 35.7. The Morgan fingerprint density at radius 3 is 1.56 bits per heavy atom. The van der Waals surface area contributed by atoms with Gasteiger partial charge in [0.05, 0.1) is 5.92 Å². The standard InChI is InChI=1S/C46H83NO7/c1-6-9-12-15-18-19-20-21-22-23-24-25-26-29-32-35-44(48)52-39-43(41-54-46(50)51-37-36-47(4)5)40-53-45(49)38-42(33-30-27-16-13-10-7-2)34-31-28-17-14-11-8-3/h18-19,21-22,38,43H,6-17,20,23-37,39-41H2,1-5H3/b19-18-,22-21-. The Bertz CT molecular complexity index is 956. The molecular formula is C46H83NO7. The zero-order chi connectivity index (χ0) is 39.7. The molecule has 0 aromatic heterocycles. The molecule has 0 N–H and O–H groups in total. The van der Waals surface area contributed by atoms with Crippen LogP contribution >= 0.6 is 0 Å². The van der Waals surface area contributed by atoms with Gasteiger partial charge in [-0.2, -0.15) is 0 Å². The van der Waals surface area contributed by atoms with Crippen molar-refractivity contribution < 1.29 is 33.3 Å². The summed E-state index contributed by atoms with van der Waals surface area (Å²) in [6.45, 7) is 7.39. The number of hydrogen-bond acceptors (Lipinski definition) is 8. The zero-order valence-electron chi connectivity index (χ0n) is 35.7. The maximum atomic E-state index is 13.0. The molecule has 0 saturated carbocycles. The maximum absolute atomic E-state index is 13.0. The van der Waals surface area contributed by atoms with E-state index >= 15 is 0 Å². The number of nitrogens with zero attached hydrogens (tertiary/aromatic N) is 1. The van der Waals surface area contributed by atoms with Crippen LogP contribution in [0.15, 0.2) is 36.0 Å². The minimum atomic E-state index is -0.787. The van der Waals surface area contributed by atoms with E-state index in [1.807, 2.05) is 19.0 Å². The lowest BCUT2D eigenvalue weighted by atomic mass is 9.99. The van der Waals surface area contributed by atoms with Gasteiger partial charge in [-0.15, -0.1) is 0 Å². The van der Waals surface area contributed by atoms with E-state index in [4.69, 9.17) is 18.9 Å². The van der Waals surface area contributed by atoms with E-state index in [9.17, 15) is 14.4 Å². The fraction of sp³-hybridized carbons (Fsp3) is 0.804. The fourth-order valence-corrected chi connectivity index (χ4v) is 5.99. The Balaban J connectivity index is 4.82. The van der Waals surface area contributed by atoms with Gasteiger partial charge in [0.15, 0.2) is 0 Å². The molecule has 0 heterocycles. The summed E-state index contributed by atoms with van der Waals surface area (Å²) in [7, 11) is 3.78. The van der Waals surface area contributed by atoms with Gasteiger partial charge >= 0.3 is 18.1 Å². The summed E-state index contributed by atoms with van der Waals surface area (Å²) < 4.78 is 21.7. The van der Waals surface area contributed by atoms with Crippen molar-refractivity contribution in [2.24, 2.45) is 5.92 Å². The molecule has 0 rings (SSSR count). The minimum absolute atomic E-state index is 0.00342. The Labute approximate surface area is 332 Å². The van der Waals surface area contributed by atoms with Crippen molar-refractivity contribution in [3.8, 4) is 0 Å². The fourth-order valence-electron chi connectivity index (χ4n) is 5.99. The van der Waals surface area contributed by atoms with E-state index in [1.54, 1.807) is 6.08 Å². The van der Waals surface area contributed by atoms with E-state index in [0.29, 0.717) is 13.0 Å². The van der Waals surface area contributed by atoms with E-state index in [1.165, 1.54) is 89.9 Å². The van der Waals surface area contributed by atoms with Crippen molar-refractivity contribution in [2.75, 3.05) is 47.1 Å². The van der Waals surface area contributed by atoms with Gasteiger partial charge in [0.25, 0.3) is 0 Å². The van der Waals surface area contributed by atoms with Gasteiger partial charge in [0, 0.05) is 19.0 Å². The van der Waals surface area contributed by atoms with Crippen LogP contribution in [-0.2, 0) is 28.5 Å². The molecule has 0 fully saturated rings. The average Bonchev–Trinajstić information content (AvgIpc) is 3.15. The molecule has 314 valence electrons. The quantitative estimate of drug-likeness (QED) is 0.0202. The largest absolute Gasteiger partial charge is 0.508 e. The molecule has 1 unspecified atom stereocenters. The topological polar surface area (TPSA) is 91.4 Å². The molecular weight excluding hydrogens is 679 g/mol. The lowest BCUT2D eigenvalue weighted by molar-refractivity contribution is -0.148. The molecule has 0 aromatic rings. The second kappa shape index (κ2) is 40.1. The molecule has 0 bridgehead atoms. The molecule has 8 nitrogen and oxygen atoms in total. The number of esters is 2. The van der Waals surface area contributed by atoms with E-state index < -0.39 is 18.0 Å². The summed E-state index contributed by atoms with van der Waals surface area (Å²) in [6.07, 6.45) is 39.0. The first-order valence-corrected chi connectivity index (χ1v) is 22.1. The summed E-state index contributed by atoms with van der Waals surface area (Å²) >= 11 is 0. The maximum Gasteiger partial charge on any atom is 0.508 e. The number of hydrogen-bond donors (Lipinski definition) is 0. The van der Waals surface area contributed by atoms with Crippen LogP contribution in [0.4, 0.5) is 4.79 Å². The Morgan fingerprint density at radius 2 is 0.981 bits per heavy atom. The predicted octanol–water partition coefficient (Wildman–Crippen LogP) is 12.6. The smallest absolute Gasteiger partial charge is 0.465 e. The first-order chi connectivity index (χ1) is 26.3. The van der Waals surface area contributed by atoms with Gasteiger partial charge in [-0.3, -0.25) is 4.79 Å². The third-order valence-corrected chi connectivity index (χ3v) is 9.49. The highest BCUT2D eigenvalue weighted by atomic mass is 16.7. The third kappa shape index (κ3) is 37.7. The molecule has 8 heteroatoms. The second-order valence-corrected chi connectivity index (χ2v) is 15.2. The number of allylic oxidation sites excluding steroid dienone is 5. The van der Waals surface area contributed by atoms with Crippen LogP contribution in [0.3, 0.4) is 0 Å². The summed E-state index contributed by atoms with van der Waals surface area (Å²) in [6, 6.07) is 0. The normalized spacial score (nSPS) is 12.0. The van der Waals surface area contributed by atoms with Crippen LogP contribution in [0.25, 0.3) is 0 Å². The summed E-state index contributed by atoms with van der Waals surface area (Å²) in [4.78, 5) is 39.7. The van der Waals surface area contributed by atoms with Crippen LogP contribution in [-0.4, -0.2) is 70.1 Å². The molecule has 0 aliphatic heterocycles. The number of ether oxygens (including phenoxy) is 4. The number of carbonyl (C=O) groups is 3. The van der Waals surface area contributed by atoms with Gasteiger partial charge in [0.1, 0.15) is 26.4 Å². The number of carbonyl (C=O) groups excluding carboxylic acids is 3. The van der Waals surface area contributed by atoms with Crippen molar-refractivity contribution in [3.63, 3.8) is 0 Å².